The fraction of sp³-hybridized carbons (Fsp3) is 0.182. The summed E-state index contributed by atoms with van der Waals surface area (Å²) < 4.78 is 40.3. The summed E-state index contributed by atoms with van der Waals surface area (Å²) in [5.41, 5.74) is 6.34. The fourth-order valence-electron chi connectivity index (χ4n) is 1.73. The highest BCUT2D eigenvalue weighted by atomic mass is 79.9. The lowest BCUT2D eigenvalue weighted by molar-refractivity contribution is 0.599. The van der Waals surface area contributed by atoms with E-state index in [9.17, 15) is 12.8 Å². The van der Waals surface area contributed by atoms with Crippen LogP contribution in [0.2, 0.25) is 0 Å². The number of benzene rings is 1. The summed E-state index contributed by atoms with van der Waals surface area (Å²) in [5, 5.41) is 6.42. The third-order valence-electron chi connectivity index (χ3n) is 2.60. The Morgan fingerprint density at radius 1 is 1.50 bits per heavy atom. The molecule has 0 fully saturated rings. The maximum atomic E-state index is 13.1. The molecule has 2 rings (SSSR count). The average molecular weight is 363 g/mol. The zero-order valence-corrected chi connectivity index (χ0v) is 12.8. The van der Waals surface area contributed by atoms with Crippen molar-refractivity contribution >= 4 is 31.6 Å². The number of H-pyrrole nitrogens is 1. The van der Waals surface area contributed by atoms with Gasteiger partial charge in [-0.15, -0.1) is 0 Å². The Morgan fingerprint density at radius 3 is 2.80 bits per heavy atom. The third-order valence-corrected chi connectivity index (χ3v) is 4.79. The van der Waals surface area contributed by atoms with Gasteiger partial charge in [-0.05, 0) is 41.1 Å². The summed E-state index contributed by atoms with van der Waals surface area (Å²) in [6.45, 7) is 1.58. The van der Waals surface area contributed by atoms with Crippen molar-refractivity contribution in [3.8, 4) is 0 Å². The van der Waals surface area contributed by atoms with Gasteiger partial charge in [-0.1, -0.05) is 0 Å². The average Bonchev–Trinajstić information content (AvgIpc) is 2.75. The maximum Gasteiger partial charge on any atom is 0.265 e. The van der Waals surface area contributed by atoms with Gasteiger partial charge < -0.3 is 5.73 Å². The highest BCUT2D eigenvalue weighted by molar-refractivity contribution is 9.10. The molecule has 20 heavy (non-hydrogen) atoms. The molecule has 0 aliphatic heterocycles. The number of nitrogens with one attached hydrogen (secondary N) is 2. The fourth-order valence-corrected chi connectivity index (χ4v) is 3.54. The molecule has 0 atom stereocenters. The minimum Gasteiger partial charge on any atom is -0.325 e. The van der Waals surface area contributed by atoms with Crippen LogP contribution in [0.5, 0.6) is 0 Å². The van der Waals surface area contributed by atoms with Crippen LogP contribution in [0.25, 0.3) is 0 Å². The number of nitrogens with two attached hydrogens (primary N) is 1. The van der Waals surface area contributed by atoms with Gasteiger partial charge in [-0.2, -0.15) is 5.10 Å². The molecular formula is C11H12BrFN4O2S. The van der Waals surface area contributed by atoms with Gasteiger partial charge in [-0.25, -0.2) is 12.8 Å². The topological polar surface area (TPSA) is 101 Å². The third kappa shape index (κ3) is 2.84. The summed E-state index contributed by atoms with van der Waals surface area (Å²) in [5.74, 6) is -0.477. The van der Waals surface area contributed by atoms with Gasteiger partial charge in [0.05, 0.1) is 21.5 Å². The van der Waals surface area contributed by atoms with E-state index in [4.69, 9.17) is 5.73 Å². The van der Waals surface area contributed by atoms with Crippen molar-refractivity contribution in [2.45, 2.75) is 18.4 Å². The molecule has 1 aromatic carbocycles. The zero-order chi connectivity index (χ0) is 14.9. The van der Waals surface area contributed by atoms with Crippen LogP contribution in [0, 0.1) is 12.7 Å². The SMILES string of the molecule is Cc1[nH]nc(CN)c1S(=O)(=O)Nc1ccc(F)c(Br)c1. The van der Waals surface area contributed by atoms with Crippen LogP contribution in [0.1, 0.15) is 11.4 Å². The summed E-state index contributed by atoms with van der Waals surface area (Å²) in [6.07, 6.45) is 0. The van der Waals surface area contributed by atoms with Crippen LogP contribution in [-0.4, -0.2) is 18.6 Å². The Labute approximate surface area is 123 Å². The Bertz CT molecular complexity index is 745. The highest BCUT2D eigenvalue weighted by Gasteiger charge is 2.23. The Kier molecular flexibility index (Phi) is 4.11. The van der Waals surface area contributed by atoms with Crippen LogP contribution >= 0.6 is 15.9 Å². The number of aryl methyl sites for hydroxylation is 1. The molecule has 2 aromatic rings. The van der Waals surface area contributed by atoms with E-state index in [1.54, 1.807) is 6.92 Å². The largest absolute Gasteiger partial charge is 0.325 e. The van der Waals surface area contributed by atoms with E-state index >= 15 is 0 Å². The monoisotopic (exact) mass is 362 g/mol. The first-order valence-corrected chi connectivity index (χ1v) is 7.84. The molecule has 108 valence electrons. The van der Waals surface area contributed by atoms with Crippen molar-refractivity contribution in [2.24, 2.45) is 5.73 Å². The van der Waals surface area contributed by atoms with Crippen molar-refractivity contribution < 1.29 is 12.8 Å². The van der Waals surface area contributed by atoms with E-state index < -0.39 is 15.8 Å². The summed E-state index contributed by atoms with van der Waals surface area (Å²) in [4.78, 5) is 0.0143. The highest BCUT2D eigenvalue weighted by Crippen LogP contribution is 2.24. The minimum absolute atomic E-state index is 0.00625. The lowest BCUT2D eigenvalue weighted by atomic mass is 10.3. The van der Waals surface area contributed by atoms with Crippen molar-refractivity contribution in [3.63, 3.8) is 0 Å². The van der Waals surface area contributed by atoms with Gasteiger partial charge in [0, 0.05) is 6.54 Å². The van der Waals surface area contributed by atoms with Gasteiger partial charge in [0.15, 0.2) is 0 Å². The number of aromatic nitrogens is 2. The van der Waals surface area contributed by atoms with E-state index in [2.05, 4.69) is 30.8 Å². The summed E-state index contributed by atoms with van der Waals surface area (Å²) in [6, 6.07) is 3.83. The lowest BCUT2D eigenvalue weighted by Crippen LogP contribution is -2.16. The van der Waals surface area contributed by atoms with Gasteiger partial charge in [0.25, 0.3) is 10.0 Å². The van der Waals surface area contributed by atoms with E-state index in [1.807, 2.05) is 0 Å². The number of hydrogen-bond donors (Lipinski definition) is 3. The Balaban J connectivity index is 2.40. The number of aromatic amines is 1. The molecule has 9 heteroatoms. The van der Waals surface area contributed by atoms with E-state index in [1.165, 1.54) is 12.1 Å². The number of nitrogens with zero attached hydrogens (tertiary/aromatic N) is 1. The molecule has 0 spiro atoms. The quantitative estimate of drug-likeness (QED) is 0.772. The smallest absolute Gasteiger partial charge is 0.265 e. The number of sulfonamides is 1. The van der Waals surface area contributed by atoms with Gasteiger partial charge in [0.2, 0.25) is 0 Å². The predicted molar refractivity (Wildman–Crippen MR) is 76.1 cm³/mol. The van der Waals surface area contributed by atoms with Crippen molar-refractivity contribution in [2.75, 3.05) is 4.72 Å². The molecule has 0 bridgehead atoms. The van der Waals surface area contributed by atoms with E-state index in [-0.39, 0.29) is 27.3 Å². The van der Waals surface area contributed by atoms with Crippen LogP contribution in [0.4, 0.5) is 10.1 Å². The maximum absolute atomic E-state index is 13.1. The van der Waals surface area contributed by atoms with Crippen LogP contribution in [0.3, 0.4) is 0 Å². The molecule has 1 heterocycles. The van der Waals surface area contributed by atoms with E-state index in [0.29, 0.717) is 5.69 Å². The predicted octanol–water partition coefficient (Wildman–Crippen LogP) is 1.88. The summed E-state index contributed by atoms with van der Waals surface area (Å²) >= 11 is 3.00. The molecular weight excluding hydrogens is 351 g/mol. The number of rotatable bonds is 4. The minimum atomic E-state index is -3.84. The van der Waals surface area contributed by atoms with Crippen molar-refractivity contribution in [1.82, 2.24) is 10.2 Å². The van der Waals surface area contributed by atoms with Crippen LogP contribution < -0.4 is 10.5 Å². The van der Waals surface area contributed by atoms with Gasteiger partial charge in [-0.3, -0.25) is 9.82 Å². The Morgan fingerprint density at radius 2 is 2.20 bits per heavy atom. The van der Waals surface area contributed by atoms with Crippen molar-refractivity contribution in [1.29, 1.82) is 0 Å². The second kappa shape index (κ2) is 5.51. The van der Waals surface area contributed by atoms with Gasteiger partial charge in [0.1, 0.15) is 10.7 Å². The molecule has 0 radical (unpaired) electrons. The number of halogens is 2. The molecule has 0 unspecified atom stereocenters. The lowest BCUT2D eigenvalue weighted by Gasteiger charge is -2.09. The number of anilines is 1. The standard InChI is InChI=1S/C11H12BrFN4O2S/c1-6-11(10(5-14)16-15-6)20(18,19)17-7-2-3-9(13)8(12)4-7/h2-4,17H,5,14H2,1H3,(H,15,16). The Hall–Kier alpha value is -1.45. The molecule has 0 saturated carbocycles. The van der Waals surface area contributed by atoms with Crippen molar-refractivity contribution in [3.05, 3.63) is 39.9 Å². The molecule has 0 aliphatic carbocycles. The second-order valence-corrected chi connectivity index (χ2v) is 6.54. The second-order valence-electron chi connectivity index (χ2n) is 4.06. The molecule has 0 saturated heterocycles. The number of hydrogen-bond acceptors (Lipinski definition) is 4. The first kappa shape index (κ1) is 14.9. The van der Waals surface area contributed by atoms with Crippen LogP contribution in [-0.2, 0) is 16.6 Å². The molecule has 0 amide bonds. The molecule has 0 aliphatic rings. The molecule has 6 nitrogen and oxygen atoms in total. The first-order valence-electron chi connectivity index (χ1n) is 5.57. The van der Waals surface area contributed by atoms with Crippen LogP contribution in [0.15, 0.2) is 27.6 Å². The molecule has 1 aromatic heterocycles. The first-order chi connectivity index (χ1) is 9.35. The zero-order valence-electron chi connectivity index (χ0n) is 10.4. The molecule has 4 N–H and O–H groups in total. The van der Waals surface area contributed by atoms with Gasteiger partial charge >= 0.3 is 0 Å². The van der Waals surface area contributed by atoms with E-state index in [0.717, 1.165) is 6.07 Å². The normalized spacial score (nSPS) is 11.6. The summed E-state index contributed by atoms with van der Waals surface area (Å²) in [7, 11) is -3.84.